The Morgan fingerprint density at radius 1 is 0.867 bits per heavy atom. The second-order valence-electron chi connectivity index (χ2n) is 3.01. The van der Waals surface area contributed by atoms with Crippen molar-refractivity contribution in [2.75, 3.05) is 0 Å². The molecule has 2 nitrogen and oxygen atoms in total. The van der Waals surface area contributed by atoms with E-state index in [0.29, 0.717) is 0 Å². The van der Waals surface area contributed by atoms with Crippen molar-refractivity contribution in [3.05, 3.63) is 48.2 Å². The van der Waals surface area contributed by atoms with Gasteiger partial charge in [0, 0.05) is 5.56 Å². The number of hydrogen-bond acceptors (Lipinski definition) is 2. The molecular weight excluding hydrogens is 320 g/mol. The van der Waals surface area contributed by atoms with E-state index in [9.17, 15) is 0 Å². The molecular formula is C11H8Br2N2. The fraction of sp³-hybridized carbons (Fsp3) is 0.0909. The van der Waals surface area contributed by atoms with Crippen LogP contribution in [0.5, 0.6) is 0 Å². The van der Waals surface area contributed by atoms with Crippen LogP contribution in [0, 0.1) is 0 Å². The molecule has 1 heterocycles. The normalized spacial score (nSPS) is 10.6. The van der Waals surface area contributed by atoms with Gasteiger partial charge in [-0.15, -0.1) is 0 Å². The largest absolute Gasteiger partial charge is 0.153 e. The van der Waals surface area contributed by atoms with Gasteiger partial charge in [0.25, 0.3) is 0 Å². The summed E-state index contributed by atoms with van der Waals surface area (Å²) in [7, 11) is 0. The summed E-state index contributed by atoms with van der Waals surface area (Å²) in [5, 5.41) is 8.27. The van der Waals surface area contributed by atoms with E-state index in [4.69, 9.17) is 0 Å². The van der Waals surface area contributed by atoms with E-state index < -0.39 is 0 Å². The summed E-state index contributed by atoms with van der Waals surface area (Å²) >= 11 is 6.75. The zero-order chi connectivity index (χ0) is 10.7. The molecule has 0 aliphatic heterocycles. The van der Waals surface area contributed by atoms with Gasteiger partial charge in [-0.1, -0.05) is 62.2 Å². The molecule has 0 saturated carbocycles. The van der Waals surface area contributed by atoms with Crippen molar-refractivity contribution in [3.63, 3.8) is 0 Å². The molecule has 4 heteroatoms. The van der Waals surface area contributed by atoms with Crippen molar-refractivity contribution in [3.8, 4) is 11.3 Å². The quantitative estimate of drug-likeness (QED) is 0.781. The zero-order valence-electron chi connectivity index (χ0n) is 7.77. The SMILES string of the molecule is BrC(Br)c1ccc(-c2ccccc2)nn1. The smallest absolute Gasteiger partial charge is 0.113 e. The molecule has 0 bridgehead atoms. The Bertz CT molecular complexity index is 426. The van der Waals surface area contributed by atoms with Crippen LogP contribution in [0.15, 0.2) is 42.5 Å². The number of nitrogens with zero attached hydrogens (tertiary/aromatic N) is 2. The molecule has 0 saturated heterocycles. The predicted octanol–water partition coefficient (Wildman–Crippen LogP) is 3.93. The highest BCUT2D eigenvalue weighted by molar-refractivity contribution is 9.24. The first-order valence-corrected chi connectivity index (χ1v) is 6.28. The van der Waals surface area contributed by atoms with Gasteiger partial charge in [-0.2, -0.15) is 10.2 Å². The van der Waals surface area contributed by atoms with Crippen LogP contribution in [0.2, 0.25) is 0 Å². The van der Waals surface area contributed by atoms with Gasteiger partial charge in [-0.05, 0) is 12.1 Å². The van der Waals surface area contributed by atoms with Gasteiger partial charge < -0.3 is 0 Å². The van der Waals surface area contributed by atoms with Gasteiger partial charge in [-0.25, -0.2) is 0 Å². The maximum absolute atomic E-state index is 4.16. The summed E-state index contributed by atoms with van der Waals surface area (Å²) in [6.07, 6.45) is 0. The fourth-order valence-electron chi connectivity index (χ4n) is 1.22. The van der Waals surface area contributed by atoms with Crippen LogP contribution in [0.1, 0.15) is 9.43 Å². The van der Waals surface area contributed by atoms with Gasteiger partial charge in [0.2, 0.25) is 0 Å². The second-order valence-corrected chi connectivity index (χ2v) is 6.07. The first-order valence-electron chi connectivity index (χ1n) is 4.44. The fourth-order valence-corrected chi connectivity index (χ4v) is 1.71. The van der Waals surface area contributed by atoms with E-state index in [1.54, 1.807) is 0 Å². The summed E-state index contributed by atoms with van der Waals surface area (Å²) in [4.78, 5) is 0. The minimum Gasteiger partial charge on any atom is -0.153 e. The Kier molecular flexibility index (Phi) is 3.49. The molecule has 0 aliphatic carbocycles. The van der Waals surface area contributed by atoms with Crippen LogP contribution in [0.3, 0.4) is 0 Å². The van der Waals surface area contributed by atoms with E-state index >= 15 is 0 Å². The number of alkyl halides is 2. The molecule has 0 atom stereocenters. The lowest BCUT2D eigenvalue weighted by molar-refractivity contribution is 0.979. The van der Waals surface area contributed by atoms with E-state index in [1.807, 2.05) is 42.5 Å². The minimum atomic E-state index is 0.0577. The third kappa shape index (κ3) is 2.63. The second kappa shape index (κ2) is 4.86. The van der Waals surface area contributed by atoms with Gasteiger partial charge >= 0.3 is 0 Å². The molecule has 0 fully saturated rings. The van der Waals surface area contributed by atoms with E-state index in [1.165, 1.54) is 0 Å². The molecule has 0 aliphatic rings. The summed E-state index contributed by atoms with van der Waals surface area (Å²) in [5.41, 5.74) is 2.84. The lowest BCUT2D eigenvalue weighted by atomic mass is 10.1. The van der Waals surface area contributed by atoms with Crippen molar-refractivity contribution >= 4 is 31.9 Å². The summed E-state index contributed by atoms with van der Waals surface area (Å²) < 4.78 is 0.0577. The zero-order valence-corrected chi connectivity index (χ0v) is 10.9. The van der Waals surface area contributed by atoms with Crippen molar-refractivity contribution in [2.24, 2.45) is 0 Å². The van der Waals surface area contributed by atoms with Crippen molar-refractivity contribution < 1.29 is 0 Å². The Balaban J connectivity index is 2.32. The Morgan fingerprint density at radius 2 is 1.60 bits per heavy atom. The Morgan fingerprint density at radius 3 is 2.13 bits per heavy atom. The highest BCUT2D eigenvalue weighted by Crippen LogP contribution is 2.27. The van der Waals surface area contributed by atoms with Crippen LogP contribution in [-0.4, -0.2) is 10.2 Å². The first-order chi connectivity index (χ1) is 7.27. The number of hydrogen-bond donors (Lipinski definition) is 0. The summed E-state index contributed by atoms with van der Waals surface area (Å²) in [5.74, 6) is 0. The van der Waals surface area contributed by atoms with Crippen molar-refractivity contribution in [2.45, 2.75) is 3.74 Å². The van der Waals surface area contributed by atoms with Gasteiger partial charge in [0.15, 0.2) is 0 Å². The van der Waals surface area contributed by atoms with E-state index in [-0.39, 0.29) is 3.74 Å². The molecule has 2 aromatic rings. The lowest BCUT2D eigenvalue weighted by Gasteiger charge is -2.02. The molecule has 76 valence electrons. The average molecular weight is 328 g/mol. The summed E-state index contributed by atoms with van der Waals surface area (Å²) in [6.45, 7) is 0. The van der Waals surface area contributed by atoms with Crippen LogP contribution in [0.4, 0.5) is 0 Å². The third-order valence-corrected chi connectivity index (χ3v) is 2.92. The van der Waals surface area contributed by atoms with Crippen LogP contribution < -0.4 is 0 Å². The maximum Gasteiger partial charge on any atom is 0.113 e. The third-order valence-electron chi connectivity index (χ3n) is 1.98. The summed E-state index contributed by atoms with van der Waals surface area (Å²) in [6, 6.07) is 13.9. The lowest BCUT2D eigenvalue weighted by Crippen LogP contribution is -1.92. The van der Waals surface area contributed by atoms with Crippen molar-refractivity contribution in [1.82, 2.24) is 10.2 Å². The Hall–Kier alpha value is -0.740. The molecule has 0 radical (unpaired) electrons. The molecule has 0 N–H and O–H groups in total. The molecule has 15 heavy (non-hydrogen) atoms. The topological polar surface area (TPSA) is 25.8 Å². The number of benzene rings is 1. The molecule has 1 aromatic heterocycles. The van der Waals surface area contributed by atoms with Crippen LogP contribution in [0.25, 0.3) is 11.3 Å². The molecule has 2 rings (SSSR count). The van der Waals surface area contributed by atoms with Gasteiger partial charge in [-0.3, -0.25) is 0 Å². The molecule has 0 amide bonds. The first kappa shape index (κ1) is 10.8. The van der Waals surface area contributed by atoms with Crippen molar-refractivity contribution in [1.29, 1.82) is 0 Å². The predicted molar refractivity (Wildman–Crippen MR) is 68.1 cm³/mol. The maximum atomic E-state index is 4.16. The number of rotatable bonds is 2. The van der Waals surface area contributed by atoms with Gasteiger partial charge in [0.05, 0.1) is 11.4 Å². The standard InChI is InChI=1S/C11H8Br2N2/c12-11(13)10-7-6-9(14-15-10)8-4-2-1-3-5-8/h1-7,11H. The van der Waals surface area contributed by atoms with E-state index in [0.717, 1.165) is 17.0 Å². The Labute approximate surface area is 105 Å². The van der Waals surface area contributed by atoms with Gasteiger partial charge in [0.1, 0.15) is 3.74 Å². The molecule has 0 unspecified atom stereocenters. The minimum absolute atomic E-state index is 0.0577. The molecule has 0 spiro atoms. The molecule has 1 aromatic carbocycles. The average Bonchev–Trinajstić information content (AvgIpc) is 2.30. The highest BCUT2D eigenvalue weighted by Gasteiger charge is 2.05. The monoisotopic (exact) mass is 326 g/mol. The van der Waals surface area contributed by atoms with Crippen LogP contribution >= 0.6 is 31.9 Å². The number of halogens is 2. The highest BCUT2D eigenvalue weighted by atomic mass is 79.9. The van der Waals surface area contributed by atoms with Crippen LogP contribution in [-0.2, 0) is 0 Å². The number of aromatic nitrogens is 2. The van der Waals surface area contributed by atoms with E-state index in [2.05, 4.69) is 42.1 Å².